The SMILES string of the molecule is CCCCOc1ccc(-c2cc(C#N)c(=O)n(C)n2)cc1. The normalized spacial score (nSPS) is 10.1. The van der Waals surface area contributed by atoms with Gasteiger partial charge in [-0.15, -0.1) is 0 Å². The van der Waals surface area contributed by atoms with Crippen molar-refractivity contribution in [2.75, 3.05) is 6.61 Å². The van der Waals surface area contributed by atoms with Crippen molar-refractivity contribution in [1.29, 1.82) is 5.26 Å². The average molecular weight is 283 g/mol. The van der Waals surface area contributed by atoms with Crippen molar-refractivity contribution in [1.82, 2.24) is 9.78 Å². The van der Waals surface area contributed by atoms with Gasteiger partial charge in [-0.25, -0.2) is 4.68 Å². The first-order valence-electron chi connectivity index (χ1n) is 6.87. The molecule has 0 bridgehead atoms. The molecule has 0 fully saturated rings. The van der Waals surface area contributed by atoms with E-state index >= 15 is 0 Å². The van der Waals surface area contributed by atoms with Gasteiger partial charge in [-0.05, 0) is 36.8 Å². The molecule has 0 aliphatic rings. The molecule has 21 heavy (non-hydrogen) atoms. The van der Waals surface area contributed by atoms with Crippen molar-refractivity contribution >= 4 is 0 Å². The first kappa shape index (κ1) is 14.8. The highest BCUT2D eigenvalue weighted by atomic mass is 16.5. The predicted octanol–water partition coefficient (Wildman–Crippen LogP) is 2.50. The molecule has 1 aromatic carbocycles. The number of nitrogens with zero attached hydrogens (tertiary/aromatic N) is 3. The van der Waals surface area contributed by atoms with Crippen LogP contribution in [0, 0.1) is 11.3 Å². The summed E-state index contributed by atoms with van der Waals surface area (Å²) in [5.74, 6) is 0.803. The summed E-state index contributed by atoms with van der Waals surface area (Å²) in [5, 5.41) is 13.1. The van der Waals surface area contributed by atoms with Gasteiger partial charge in [0.15, 0.2) is 0 Å². The zero-order chi connectivity index (χ0) is 15.2. The van der Waals surface area contributed by atoms with E-state index in [0.717, 1.165) is 24.2 Å². The molecule has 1 aromatic heterocycles. The van der Waals surface area contributed by atoms with Crippen LogP contribution in [0.5, 0.6) is 5.75 Å². The number of hydrogen-bond donors (Lipinski definition) is 0. The molecule has 0 unspecified atom stereocenters. The van der Waals surface area contributed by atoms with Gasteiger partial charge in [-0.2, -0.15) is 10.4 Å². The molecule has 108 valence electrons. The van der Waals surface area contributed by atoms with E-state index in [1.54, 1.807) is 0 Å². The van der Waals surface area contributed by atoms with E-state index in [4.69, 9.17) is 10.00 Å². The number of rotatable bonds is 5. The Morgan fingerprint density at radius 2 is 2.05 bits per heavy atom. The van der Waals surface area contributed by atoms with Gasteiger partial charge in [0.2, 0.25) is 0 Å². The minimum absolute atomic E-state index is 0.0887. The van der Waals surface area contributed by atoms with E-state index in [1.165, 1.54) is 17.8 Å². The zero-order valence-electron chi connectivity index (χ0n) is 12.2. The minimum Gasteiger partial charge on any atom is -0.494 e. The summed E-state index contributed by atoms with van der Waals surface area (Å²) in [6, 6.07) is 10.9. The van der Waals surface area contributed by atoms with Crippen LogP contribution in [0.4, 0.5) is 0 Å². The number of nitriles is 1. The van der Waals surface area contributed by atoms with Crippen LogP contribution in [0.25, 0.3) is 11.3 Å². The van der Waals surface area contributed by atoms with Crippen LogP contribution in [-0.4, -0.2) is 16.4 Å². The van der Waals surface area contributed by atoms with Crippen LogP contribution in [0.1, 0.15) is 25.3 Å². The van der Waals surface area contributed by atoms with Crippen LogP contribution in [0.15, 0.2) is 35.1 Å². The molecule has 1 heterocycles. The van der Waals surface area contributed by atoms with Crippen LogP contribution in [0.2, 0.25) is 0 Å². The quantitative estimate of drug-likeness (QED) is 0.791. The van der Waals surface area contributed by atoms with Crippen molar-refractivity contribution in [3.8, 4) is 23.1 Å². The Labute approximate surface area is 123 Å². The fourth-order valence-corrected chi connectivity index (χ4v) is 1.89. The van der Waals surface area contributed by atoms with E-state index in [2.05, 4.69) is 12.0 Å². The van der Waals surface area contributed by atoms with Gasteiger partial charge in [-0.1, -0.05) is 13.3 Å². The van der Waals surface area contributed by atoms with Gasteiger partial charge in [0, 0.05) is 12.6 Å². The van der Waals surface area contributed by atoms with Crippen molar-refractivity contribution < 1.29 is 4.74 Å². The molecule has 0 saturated carbocycles. The van der Waals surface area contributed by atoms with Crippen LogP contribution in [-0.2, 0) is 7.05 Å². The second kappa shape index (κ2) is 6.71. The molecule has 0 radical (unpaired) electrons. The second-order valence-electron chi connectivity index (χ2n) is 4.71. The molecule has 0 aliphatic carbocycles. The smallest absolute Gasteiger partial charge is 0.284 e. The fraction of sp³-hybridized carbons (Fsp3) is 0.312. The Bertz CT molecular complexity index is 712. The average Bonchev–Trinajstić information content (AvgIpc) is 2.51. The summed E-state index contributed by atoms with van der Waals surface area (Å²) < 4.78 is 6.78. The third kappa shape index (κ3) is 3.48. The third-order valence-electron chi connectivity index (χ3n) is 3.10. The lowest BCUT2D eigenvalue weighted by Crippen LogP contribution is -2.22. The lowest BCUT2D eigenvalue weighted by Gasteiger charge is -2.07. The molecule has 0 saturated heterocycles. The highest BCUT2D eigenvalue weighted by Crippen LogP contribution is 2.20. The van der Waals surface area contributed by atoms with E-state index in [0.29, 0.717) is 12.3 Å². The molecule has 5 heteroatoms. The summed E-state index contributed by atoms with van der Waals surface area (Å²) in [7, 11) is 1.54. The topological polar surface area (TPSA) is 67.9 Å². The molecule has 0 atom stereocenters. The summed E-state index contributed by atoms with van der Waals surface area (Å²) in [4.78, 5) is 11.6. The summed E-state index contributed by atoms with van der Waals surface area (Å²) in [5.41, 5.74) is 1.13. The largest absolute Gasteiger partial charge is 0.494 e. The molecule has 0 amide bonds. The van der Waals surface area contributed by atoms with Gasteiger partial charge in [0.1, 0.15) is 17.4 Å². The highest BCUT2D eigenvalue weighted by Gasteiger charge is 2.07. The number of unbranched alkanes of at least 4 members (excludes halogenated alkanes) is 1. The standard InChI is InChI=1S/C16H17N3O2/c1-3-4-9-21-14-7-5-12(6-8-14)15-10-13(11-17)16(20)19(2)18-15/h5-8,10H,3-4,9H2,1-2H3. The summed E-state index contributed by atoms with van der Waals surface area (Å²) in [6.45, 7) is 2.82. The molecular formula is C16H17N3O2. The number of aromatic nitrogens is 2. The van der Waals surface area contributed by atoms with Gasteiger partial charge >= 0.3 is 0 Å². The molecule has 2 aromatic rings. The van der Waals surface area contributed by atoms with Gasteiger partial charge in [-0.3, -0.25) is 4.79 Å². The minimum atomic E-state index is -0.388. The first-order chi connectivity index (χ1) is 10.2. The fourth-order valence-electron chi connectivity index (χ4n) is 1.89. The summed E-state index contributed by atoms with van der Waals surface area (Å²) in [6.07, 6.45) is 2.12. The van der Waals surface area contributed by atoms with Crippen LogP contribution < -0.4 is 10.3 Å². The van der Waals surface area contributed by atoms with Gasteiger partial charge in [0.05, 0.1) is 12.3 Å². The second-order valence-corrected chi connectivity index (χ2v) is 4.71. The van der Waals surface area contributed by atoms with Crippen molar-refractivity contribution in [3.63, 3.8) is 0 Å². The maximum absolute atomic E-state index is 11.6. The van der Waals surface area contributed by atoms with E-state index in [9.17, 15) is 4.79 Å². The molecular weight excluding hydrogens is 266 g/mol. The number of ether oxygens (including phenoxy) is 1. The molecule has 0 N–H and O–H groups in total. The van der Waals surface area contributed by atoms with Gasteiger partial charge < -0.3 is 4.74 Å². The Balaban J connectivity index is 2.25. The van der Waals surface area contributed by atoms with Crippen molar-refractivity contribution in [2.24, 2.45) is 7.05 Å². The van der Waals surface area contributed by atoms with E-state index < -0.39 is 0 Å². The van der Waals surface area contributed by atoms with Gasteiger partial charge in [0.25, 0.3) is 5.56 Å². The predicted molar refractivity (Wildman–Crippen MR) is 80.0 cm³/mol. The number of benzene rings is 1. The lowest BCUT2D eigenvalue weighted by molar-refractivity contribution is 0.309. The number of hydrogen-bond acceptors (Lipinski definition) is 4. The first-order valence-corrected chi connectivity index (χ1v) is 6.87. The maximum atomic E-state index is 11.6. The van der Waals surface area contributed by atoms with E-state index in [-0.39, 0.29) is 11.1 Å². The highest BCUT2D eigenvalue weighted by molar-refractivity contribution is 5.61. The Kier molecular flexibility index (Phi) is 4.72. The molecule has 0 aliphatic heterocycles. The third-order valence-corrected chi connectivity index (χ3v) is 3.10. The van der Waals surface area contributed by atoms with E-state index in [1.807, 2.05) is 30.3 Å². The lowest BCUT2D eigenvalue weighted by atomic mass is 10.1. The van der Waals surface area contributed by atoms with Crippen molar-refractivity contribution in [3.05, 3.63) is 46.2 Å². The monoisotopic (exact) mass is 283 g/mol. The Hall–Kier alpha value is -2.61. The number of aryl methyl sites for hydroxylation is 1. The van der Waals surface area contributed by atoms with Crippen molar-refractivity contribution in [2.45, 2.75) is 19.8 Å². The van der Waals surface area contributed by atoms with Crippen LogP contribution in [0.3, 0.4) is 0 Å². The summed E-state index contributed by atoms with van der Waals surface area (Å²) >= 11 is 0. The molecule has 2 rings (SSSR count). The maximum Gasteiger partial charge on any atom is 0.284 e. The molecule has 5 nitrogen and oxygen atoms in total. The molecule has 0 spiro atoms. The zero-order valence-corrected chi connectivity index (χ0v) is 12.2. The van der Waals surface area contributed by atoms with Crippen LogP contribution >= 0.6 is 0 Å². The Morgan fingerprint density at radius 1 is 1.33 bits per heavy atom. The Morgan fingerprint density at radius 3 is 2.67 bits per heavy atom.